The molecule has 0 bridgehead atoms. The van der Waals surface area contributed by atoms with Gasteiger partial charge < -0.3 is 15.4 Å². The van der Waals surface area contributed by atoms with Crippen LogP contribution in [-0.2, 0) is 14.6 Å². The number of carbonyl (C=O) groups is 1. The van der Waals surface area contributed by atoms with Gasteiger partial charge in [-0.15, -0.1) is 0 Å². The molecule has 0 heterocycles. The number of rotatable bonds is 7. The highest BCUT2D eigenvalue weighted by atomic mass is 35.5. The van der Waals surface area contributed by atoms with Gasteiger partial charge in [0, 0.05) is 10.7 Å². The van der Waals surface area contributed by atoms with Crippen molar-refractivity contribution in [1.29, 1.82) is 0 Å². The number of methoxy groups -OCH3 is 1. The van der Waals surface area contributed by atoms with Crippen LogP contribution < -0.4 is 15.4 Å². The molecule has 0 aliphatic carbocycles. The van der Waals surface area contributed by atoms with Gasteiger partial charge in [0.2, 0.25) is 15.7 Å². The van der Waals surface area contributed by atoms with Crippen LogP contribution in [0.15, 0.2) is 94.7 Å². The number of halogens is 1. The van der Waals surface area contributed by atoms with Gasteiger partial charge in [-0.3, -0.25) is 4.79 Å². The summed E-state index contributed by atoms with van der Waals surface area (Å²) in [5.74, 6) is -0.221. The van der Waals surface area contributed by atoms with Crippen LogP contribution in [0.2, 0.25) is 5.02 Å². The lowest BCUT2D eigenvalue weighted by atomic mass is 10.1. The molecule has 0 saturated carbocycles. The molecule has 8 heteroatoms. The van der Waals surface area contributed by atoms with Crippen LogP contribution in [0, 0.1) is 0 Å². The fraction of sp³-hybridized carbons (Fsp3) is 0.0800. The van der Waals surface area contributed by atoms with E-state index >= 15 is 0 Å². The van der Waals surface area contributed by atoms with Gasteiger partial charge in [0.1, 0.15) is 4.90 Å². The van der Waals surface area contributed by atoms with Crippen LogP contribution in [0.1, 0.15) is 0 Å². The second-order valence-corrected chi connectivity index (χ2v) is 9.62. The second kappa shape index (κ2) is 9.52. The number of benzene rings is 4. The Morgan fingerprint density at radius 1 is 0.909 bits per heavy atom. The van der Waals surface area contributed by atoms with E-state index in [-0.39, 0.29) is 33.0 Å². The largest absolute Gasteiger partial charge is 0.493 e. The first-order chi connectivity index (χ1) is 15.9. The fourth-order valence-corrected chi connectivity index (χ4v) is 5.26. The third-order valence-corrected chi connectivity index (χ3v) is 7.03. The van der Waals surface area contributed by atoms with Gasteiger partial charge in [-0.25, -0.2) is 8.42 Å². The number of ether oxygens (including phenoxy) is 1. The molecule has 0 aromatic heterocycles. The van der Waals surface area contributed by atoms with Crippen molar-refractivity contribution in [2.24, 2.45) is 0 Å². The van der Waals surface area contributed by atoms with Gasteiger partial charge in [0.05, 0.1) is 24.2 Å². The van der Waals surface area contributed by atoms with Crippen LogP contribution in [0.3, 0.4) is 0 Å². The Balaban J connectivity index is 1.56. The van der Waals surface area contributed by atoms with E-state index in [1.807, 2.05) is 42.5 Å². The molecule has 4 rings (SSSR count). The molecule has 168 valence electrons. The summed E-state index contributed by atoms with van der Waals surface area (Å²) in [6.45, 7) is -0.117. The molecule has 0 aliphatic heterocycles. The predicted octanol–water partition coefficient (Wildman–Crippen LogP) is 5.39. The number of fused-ring (bicyclic) bond motifs is 1. The summed E-state index contributed by atoms with van der Waals surface area (Å²) in [6, 6.07) is 24.4. The third kappa shape index (κ3) is 4.94. The average Bonchev–Trinajstić information content (AvgIpc) is 2.83. The van der Waals surface area contributed by atoms with E-state index in [1.165, 1.54) is 31.4 Å². The van der Waals surface area contributed by atoms with Crippen molar-refractivity contribution < 1.29 is 17.9 Å². The first-order valence-corrected chi connectivity index (χ1v) is 11.9. The highest BCUT2D eigenvalue weighted by Crippen LogP contribution is 2.38. The number of anilines is 2. The summed E-state index contributed by atoms with van der Waals surface area (Å²) < 4.78 is 31.7. The number of hydrogen-bond acceptors (Lipinski definition) is 5. The average molecular weight is 481 g/mol. The topological polar surface area (TPSA) is 84.5 Å². The smallest absolute Gasteiger partial charge is 0.243 e. The Labute approximate surface area is 197 Å². The van der Waals surface area contributed by atoms with Crippen LogP contribution in [-0.4, -0.2) is 28.0 Å². The monoisotopic (exact) mass is 480 g/mol. The van der Waals surface area contributed by atoms with E-state index in [1.54, 1.807) is 18.2 Å². The van der Waals surface area contributed by atoms with Crippen molar-refractivity contribution in [3.05, 3.63) is 90.0 Å². The van der Waals surface area contributed by atoms with Crippen LogP contribution in [0.5, 0.6) is 5.75 Å². The number of amides is 1. The minimum Gasteiger partial charge on any atom is -0.493 e. The van der Waals surface area contributed by atoms with Crippen molar-refractivity contribution in [1.82, 2.24) is 0 Å². The zero-order valence-corrected chi connectivity index (χ0v) is 19.3. The van der Waals surface area contributed by atoms with Gasteiger partial charge in [0.15, 0.2) is 5.75 Å². The molecule has 33 heavy (non-hydrogen) atoms. The Kier molecular flexibility index (Phi) is 6.53. The molecule has 0 atom stereocenters. The van der Waals surface area contributed by atoms with E-state index in [0.29, 0.717) is 11.4 Å². The normalized spacial score (nSPS) is 11.2. The van der Waals surface area contributed by atoms with E-state index in [0.717, 1.165) is 10.8 Å². The Bertz CT molecular complexity index is 1420. The number of carbonyl (C=O) groups excluding carboxylic acids is 1. The zero-order valence-electron chi connectivity index (χ0n) is 17.7. The lowest BCUT2D eigenvalue weighted by Crippen LogP contribution is -2.22. The van der Waals surface area contributed by atoms with Gasteiger partial charge in [-0.2, -0.15) is 0 Å². The highest BCUT2D eigenvalue weighted by molar-refractivity contribution is 7.91. The molecule has 4 aromatic carbocycles. The summed E-state index contributed by atoms with van der Waals surface area (Å²) in [5, 5.41) is 8.05. The number of hydrogen-bond donors (Lipinski definition) is 2. The summed E-state index contributed by atoms with van der Waals surface area (Å²) >= 11 is 6.21. The standard InChI is InChI=1S/C25H21ClN2O4S/c1-32-25-22(14-19(26)15-23(25)33(30,31)21-9-3-2-4-10-21)27-16-24(29)28-20-12-11-17-7-5-6-8-18(17)13-20/h2-15,27H,16H2,1H3,(H,28,29). The lowest BCUT2D eigenvalue weighted by Gasteiger charge is -2.16. The molecule has 0 aliphatic rings. The Hall–Kier alpha value is -3.55. The lowest BCUT2D eigenvalue weighted by molar-refractivity contribution is -0.114. The second-order valence-electron chi connectivity index (χ2n) is 7.26. The molecule has 6 nitrogen and oxygen atoms in total. The Morgan fingerprint density at radius 3 is 2.33 bits per heavy atom. The van der Waals surface area contributed by atoms with Gasteiger partial charge in [0.25, 0.3) is 0 Å². The summed E-state index contributed by atoms with van der Waals surface area (Å²) in [5.41, 5.74) is 0.957. The maximum Gasteiger partial charge on any atom is 0.243 e. The van der Waals surface area contributed by atoms with E-state index in [2.05, 4.69) is 10.6 Å². The minimum absolute atomic E-state index is 0.0823. The van der Waals surface area contributed by atoms with Crippen molar-refractivity contribution >= 4 is 49.5 Å². The minimum atomic E-state index is -3.88. The first kappa shape index (κ1) is 22.6. The maximum absolute atomic E-state index is 13.2. The summed E-state index contributed by atoms with van der Waals surface area (Å²) in [4.78, 5) is 12.6. The van der Waals surface area contributed by atoms with Crippen molar-refractivity contribution in [2.45, 2.75) is 9.79 Å². The third-order valence-electron chi connectivity index (χ3n) is 5.04. The molecule has 0 fully saturated rings. The maximum atomic E-state index is 13.2. The van der Waals surface area contributed by atoms with Crippen molar-refractivity contribution in [2.75, 3.05) is 24.3 Å². The molecule has 1 amide bonds. The van der Waals surface area contributed by atoms with Crippen molar-refractivity contribution in [3.8, 4) is 5.75 Å². The predicted molar refractivity (Wildman–Crippen MR) is 131 cm³/mol. The molecule has 0 saturated heterocycles. The fourth-order valence-electron chi connectivity index (χ4n) is 3.48. The quantitative estimate of drug-likeness (QED) is 0.370. The Morgan fingerprint density at radius 2 is 1.61 bits per heavy atom. The SMILES string of the molecule is COc1c(NCC(=O)Nc2ccc3ccccc3c2)cc(Cl)cc1S(=O)(=O)c1ccccc1. The summed E-state index contributed by atoms with van der Waals surface area (Å²) in [7, 11) is -2.52. The zero-order chi connectivity index (χ0) is 23.4. The van der Waals surface area contributed by atoms with Gasteiger partial charge in [-0.05, 0) is 47.2 Å². The van der Waals surface area contributed by atoms with Crippen LogP contribution in [0.25, 0.3) is 10.8 Å². The van der Waals surface area contributed by atoms with Crippen LogP contribution >= 0.6 is 11.6 Å². The van der Waals surface area contributed by atoms with E-state index < -0.39 is 9.84 Å². The van der Waals surface area contributed by atoms with Crippen molar-refractivity contribution in [3.63, 3.8) is 0 Å². The number of sulfone groups is 1. The van der Waals surface area contributed by atoms with E-state index in [4.69, 9.17) is 16.3 Å². The molecular weight excluding hydrogens is 460 g/mol. The highest BCUT2D eigenvalue weighted by Gasteiger charge is 2.25. The molecular formula is C25H21ClN2O4S. The van der Waals surface area contributed by atoms with Crippen LogP contribution in [0.4, 0.5) is 11.4 Å². The number of nitrogens with one attached hydrogen (secondary N) is 2. The van der Waals surface area contributed by atoms with Gasteiger partial charge in [-0.1, -0.05) is 60.1 Å². The van der Waals surface area contributed by atoms with Gasteiger partial charge >= 0.3 is 0 Å². The molecule has 0 spiro atoms. The molecule has 2 N–H and O–H groups in total. The molecule has 4 aromatic rings. The molecule has 0 radical (unpaired) electrons. The van der Waals surface area contributed by atoms with E-state index in [9.17, 15) is 13.2 Å². The molecule has 0 unspecified atom stereocenters. The first-order valence-electron chi connectivity index (χ1n) is 10.1. The summed E-state index contributed by atoms with van der Waals surface area (Å²) in [6.07, 6.45) is 0.